The van der Waals surface area contributed by atoms with Gasteiger partial charge in [0.25, 0.3) is 6.21 Å². The van der Waals surface area contributed by atoms with E-state index in [-0.39, 0.29) is 5.54 Å². The van der Waals surface area contributed by atoms with Gasteiger partial charge >= 0.3 is 0 Å². The van der Waals surface area contributed by atoms with E-state index in [9.17, 15) is 5.21 Å². The summed E-state index contributed by atoms with van der Waals surface area (Å²) in [6, 6.07) is 12.1. The fourth-order valence-electron chi connectivity index (χ4n) is 1.53. The highest BCUT2D eigenvalue weighted by Crippen LogP contribution is 2.30. The van der Waals surface area contributed by atoms with Crippen LogP contribution in [0.5, 0.6) is 0 Å². The maximum atomic E-state index is 9.90. The molecule has 1 aromatic carbocycles. The van der Waals surface area contributed by atoms with E-state index in [1.54, 1.807) is 29.7 Å². The fraction of sp³-hybridized carbons (Fsp3) is 0.312. The number of hydrogen-bond acceptors (Lipinski definition) is 4. The third kappa shape index (κ3) is 4.58. The second-order valence-corrected chi connectivity index (χ2v) is 7.54. The van der Waals surface area contributed by atoms with Crippen molar-refractivity contribution in [2.75, 3.05) is 6.26 Å². The van der Waals surface area contributed by atoms with E-state index in [0.717, 1.165) is 14.7 Å². The molecule has 0 amide bonds. The van der Waals surface area contributed by atoms with Crippen molar-refractivity contribution in [3.63, 3.8) is 0 Å². The number of benzene rings is 1. The Kier molecular flexibility index (Phi) is 5.06. The van der Waals surface area contributed by atoms with Crippen LogP contribution in [0, 0.1) is 0 Å². The average Bonchev–Trinajstić information content (AvgIpc) is 2.86. The number of nitrogens with zero attached hydrogens (tertiary/aromatic N) is 1. The van der Waals surface area contributed by atoms with Crippen molar-refractivity contribution in [2.24, 2.45) is 0 Å². The predicted molar refractivity (Wildman–Crippen MR) is 88.0 cm³/mol. The normalized spacial score (nSPS) is 12.7. The average molecular weight is 322 g/mol. The van der Waals surface area contributed by atoms with Crippen molar-refractivity contribution < 1.29 is 14.4 Å². The van der Waals surface area contributed by atoms with Crippen molar-refractivity contribution in [1.29, 1.82) is 0 Å². The molecule has 1 aromatic heterocycles. The molecule has 0 saturated carbocycles. The van der Waals surface area contributed by atoms with Crippen LogP contribution >= 0.6 is 23.5 Å². The van der Waals surface area contributed by atoms with E-state index in [2.05, 4.69) is 30.5 Å². The van der Waals surface area contributed by atoms with Crippen molar-refractivity contribution in [2.45, 2.75) is 41.2 Å². The Hall–Kier alpha value is -1.33. The van der Waals surface area contributed by atoms with Crippen LogP contribution in [0.4, 0.5) is 0 Å². The number of hydrogen-bond donors (Lipinski definition) is 1. The molecule has 0 unspecified atom stereocenters. The predicted octanol–water partition coefficient (Wildman–Crippen LogP) is 4.77. The van der Waals surface area contributed by atoms with E-state index >= 15 is 0 Å². The molecule has 2 rings (SSSR count). The SMILES string of the molecule is CSc1ccc(Sc2ccc(/C=[N+](\O)C(C)(C)C)o2)cc1. The first-order chi connectivity index (χ1) is 9.88. The van der Waals surface area contributed by atoms with E-state index in [1.807, 2.05) is 32.9 Å². The minimum Gasteiger partial charge on any atom is -0.444 e. The van der Waals surface area contributed by atoms with Crippen LogP contribution in [0.3, 0.4) is 0 Å². The maximum absolute atomic E-state index is 9.90. The number of hydroxylamine groups is 1. The second kappa shape index (κ2) is 6.62. The third-order valence-corrected chi connectivity index (χ3v) is 4.49. The Labute approximate surface area is 134 Å². The monoisotopic (exact) mass is 322 g/mol. The number of furan rings is 1. The first kappa shape index (κ1) is 16.0. The number of thioether (sulfide) groups is 1. The molecular weight excluding hydrogens is 302 g/mol. The lowest BCUT2D eigenvalue weighted by molar-refractivity contribution is -0.816. The highest BCUT2D eigenvalue weighted by atomic mass is 32.2. The standard InChI is InChI=1S/C16H20NO2S2/c1-16(2,3)17(18)11-12-5-10-15(19-12)21-14-8-6-13(20-4)7-9-14/h5-11,18H,1-4H3/q+1/b17-11-. The van der Waals surface area contributed by atoms with Gasteiger partial charge in [-0.3, -0.25) is 5.21 Å². The molecule has 0 spiro atoms. The molecule has 0 atom stereocenters. The molecule has 0 bridgehead atoms. The van der Waals surface area contributed by atoms with Crippen LogP contribution in [0.2, 0.25) is 0 Å². The highest BCUT2D eigenvalue weighted by molar-refractivity contribution is 7.99. The van der Waals surface area contributed by atoms with Gasteiger partial charge in [-0.2, -0.15) is 0 Å². The second-order valence-electron chi connectivity index (χ2n) is 5.58. The Morgan fingerprint density at radius 3 is 2.24 bits per heavy atom. The van der Waals surface area contributed by atoms with Crippen LogP contribution < -0.4 is 0 Å². The summed E-state index contributed by atoms with van der Waals surface area (Å²) in [6.45, 7) is 5.78. The smallest absolute Gasteiger partial charge is 0.258 e. The van der Waals surface area contributed by atoms with Crippen molar-refractivity contribution in [1.82, 2.24) is 0 Å². The molecule has 112 valence electrons. The molecule has 0 fully saturated rings. The summed E-state index contributed by atoms with van der Waals surface area (Å²) in [5, 5.41) is 10.7. The molecule has 21 heavy (non-hydrogen) atoms. The Morgan fingerprint density at radius 2 is 1.67 bits per heavy atom. The van der Waals surface area contributed by atoms with E-state index < -0.39 is 0 Å². The molecule has 0 saturated heterocycles. The van der Waals surface area contributed by atoms with Gasteiger partial charge < -0.3 is 4.42 Å². The first-order valence-corrected chi connectivity index (χ1v) is 8.67. The largest absolute Gasteiger partial charge is 0.444 e. The summed E-state index contributed by atoms with van der Waals surface area (Å²) >= 11 is 3.29. The van der Waals surface area contributed by atoms with Crippen LogP contribution in [0.1, 0.15) is 26.5 Å². The minimum atomic E-state index is -0.353. The van der Waals surface area contributed by atoms with E-state index in [0.29, 0.717) is 5.76 Å². The third-order valence-electron chi connectivity index (χ3n) is 2.82. The molecule has 2 aromatic rings. The zero-order chi connectivity index (χ0) is 15.5. The lowest BCUT2D eigenvalue weighted by Crippen LogP contribution is -2.31. The first-order valence-electron chi connectivity index (χ1n) is 6.63. The topological polar surface area (TPSA) is 36.4 Å². The van der Waals surface area contributed by atoms with Crippen LogP contribution in [-0.2, 0) is 0 Å². The molecular formula is C16H20NO2S2+. The molecule has 5 heteroatoms. The van der Waals surface area contributed by atoms with Gasteiger partial charge in [0.2, 0.25) is 5.54 Å². The molecule has 1 N–H and O–H groups in total. The van der Waals surface area contributed by atoms with E-state index in [4.69, 9.17) is 4.42 Å². The van der Waals surface area contributed by atoms with Gasteiger partial charge in [0.05, 0.1) is 0 Å². The zero-order valence-electron chi connectivity index (χ0n) is 12.7. The van der Waals surface area contributed by atoms with Gasteiger partial charge in [-0.25, -0.2) is 0 Å². The number of rotatable bonds is 4. The molecule has 3 nitrogen and oxygen atoms in total. The molecule has 0 aliphatic rings. The summed E-state index contributed by atoms with van der Waals surface area (Å²) in [5.41, 5.74) is -0.353. The summed E-state index contributed by atoms with van der Waals surface area (Å²) in [5.74, 6) is 0.635. The van der Waals surface area contributed by atoms with Crippen LogP contribution in [-0.4, -0.2) is 28.0 Å². The zero-order valence-corrected chi connectivity index (χ0v) is 14.3. The quantitative estimate of drug-likeness (QED) is 0.289. The molecule has 1 heterocycles. The molecule has 0 aliphatic carbocycles. The van der Waals surface area contributed by atoms with Crippen LogP contribution in [0.15, 0.2) is 55.7 Å². The Balaban J connectivity index is 2.09. The summed E-state index contributed by atoms with van der Waals surface area (Å²) in [7, 11) is 0. The Bertz CT molecular complexity index is 624. The van der Waals surface area contributed by atoms with Gasteiger partial charge in [-0.1, -0.05) is 11.8 Å². The van der Waals surface area contributed by atoms with Gasteiger partial charge in [0, 0.05) is 30.6 Å². The van der Waals surface area contributed by atoms with E-state index in [1.165, 1.54) is 4.90 Å². The summed E-state index contributed by atoms with van der Waals surface area (Å²) < 4.78 is 6.87. The highest BCUT2D eigenvalue weighted by Gasteiger charge is 2.24. The van der Waals surface area contributed by atoms with Crippen molar-refractivity contribution >= 4 is 29.7 Å². The fourth-order valence-corrected chi connectivity index (χ4v) is 2.72. The lowest BCUT2D eigenvalue weighted by atomic mass is 10.1. The molecule has 0 radical (unpaired) electrons. The molecule has 0 aliphatic heterocycles. The lowest BCUT2D eigenvalue weighted by Gasteiger charge is -2.08. The maximum Gasteiger partial charge on any atom is 0.258 e. The Morgan fingerprint density at radius 1 is 1.05 bits per heavy atom. The minimum absolute atomic E-state index is 0.353. The summed E-state index contributed by atoms with van der Waals surface area (Å²) in [6.07, 6.45) is 3.66. The summed E-state index contributed by atoms with van der Waals surface area (Å²) in [4.78, 5) is 2.37. The van der Waals surface area contributed by atoms with Gasteiger partial charge in [0.1, 0.15) is 0 Å². The van der Waals surface area contributed by atoms with Gasteiger partial charge in [-0.15, -0.1) is 11.8 Å². The van der Waals surface area contributed by atoms with Crippen molar-refractivity contribution in [3.8, 4) is 0 Å². The van der Waals surface area contributed by atoms with Crippen LogP contribution in [0.25, 0.3) is 0 Å². The van der Waals surface area contributed by atoms with Gasteiger partial charge in [-0.05, 0) is 47.4 Å². The van der Waals surface area contributed by atoms with Crippen molar-refractivity contribution in [3.05, 3.63) is 42.2 Å². The van der Waals surface area contributed by atoms with Gasteiger partial charge in [0.15, 0.2) is 10.9 Å².